The summed E-state index contributed by atoms with van der Waals surface area (Å²) in [7, 11) is -2.66. The van der Waals surface area contributed by atoms with Gasteiger partial charge in [0.2, 0.25) is 0 Å². The monoisotopic (exact) mass is 584 g/mol. The number of halogens is 2. The van der Waals surface area contributed by atoms with Crippen LogP contribution in [0.25, 0.3) is 5.69 Å². The molecule has 0 atom stereocenters. The van der Waals surface area contributed by atoms with Gasteiger partial charge in [0.05, 0.1) is 39.6 Å². The van der Waals surface area contributed by atoms with E-state index in [1.165, 1.54) is 25.5 Å². The third kappa shape index (κ3) is 5.95. The van der Waals surface area contributed by atoms with Crippen molar-refractivity contribution >= 4 is 51.0 Å². The van der Waals surface area contributed by atoms with Gasteiger partial charge < -0.3 is 9.30 Å². The van der Waals surface area contributed by atoms with Crippen molar-refractivity contribution in [2.45, 2.75) is 18.7 Å². The molecule has 1 amide bonds. The molecule has 8 nitrogen and oxygen atoms in total. The SMILES string of the molecule is COc1ccccc1N(CC(=O)N/N=C\c1cc(C)n(-c2cccc(Cl)c2Cl)c1C)S(=O)(=O)c1ccccc1. The number of ether oxygens (including phenoxy) is 1. The second-order valence-electron chi connectivity index (χ2n) is 8.52. The van der Waals surface area contributed by atoms with Crippen molar-refractivity contribution in [2.75, 3.05) is 18.0 Å². The molecule has 4 rings (SSSR count). The van der Waals surface area contributed by atoms with Crippen LogP contribution in [-0.4, -0.2) is 38.8 Å². The molecule has 0 aliphatic heterocycles. The lowest BCUT2D eigenvalue weighted by Gasteiger charge is -2.25. The van der Waals surface area contributed by atoms with Crippen LogP contribution in [-0.2, 0) is 14.8 Å². The highest BCUT2D eigenvalue weighted by Crippen LogP contribution is 2.33. The molecule has 0 bridgehead atoms. The Kier molecular flexibility index (Phi) is 8.64. The van der Waals surface area contributed by atoms with Gasteiger partial charge in [-0.15, -0.1) is 0 Å². The maximum Gasteiger partial charge on any atom is 0.264 e. The fraction of sp³-hybridized carbons (Fsp3) is 0.143. The van der Waals surface area contributed by atoms with Crippen LogP contribution in [0.15, 0.2) is 88.9 Å². The first-order valence-corrected chi connectivity index (χ1v) is 14.0. The van der Waals surface area contributed by atoms with E-state index in [9.17, 15) is 13.2 Å². The number of rotatable bonds is 9. The standard InChI is InChI=1S/C28H26Cl2N4O4S/c1-19-16-21(20(2)34(19)25-14-9-12-23(29)28(25)30)17-31-32-27(35)18-33(24-13-7-8-15-26(24)38-3)39(36,37)22-10-5-4-6-11-22/h4-17H,18H2,1-3H3,(H,32,35)/b31-17-. The van der Waals surface area contributed by atoms with Crippen molar-refractivity contribution in [1.29, 1.82) is 0 Å². The molecule has 0 saturated carbocycles. The number of aromatic nitrogens is 1. The molecule has 0 aliphatic carbocycles. The van der Waals surface area contributed by atoms with Crippen LogP contribution in [0.3, 0.4) is 0 Å². The number of anilines is 1. The molecular formula is C28H26Cl2N4O4S. The van der Waals surface area contributed by atoms with Gasteiger partial charge in [-0.25, -0.2) is 13.8 Å². The summed E-state index contributed by atoms with van der Waals surface area (Å²) in [6.45, 7) is 3.29. The minimum atomic E-state index is -4.09. The van der Waals surface area contributed by atoms with Gasteiger partial charge in [-0.05, 0) is 56.3 Å². The van der Waals surface area contributed by atoms with E-state index in [0.717, 1.165) is 26.9 Å². The van der Waals surface area contributed by atoms with Crippen LogP contribution in [0.4, 0.5) is 5.69 Å². The van der Waals surface area contributed by atoms with Crippen molar-refractivity contribution in [3.63, 3.8) is 0 Å². The molecule has 0 saturated heterocycles. The number of sulfonamides is 1. The second-order valence-corrected chi connectivity index (χ2v) is 11.2. The molecule has 4 aromatic rings. The first-order chi connectivity index (χ1) is 18.6. The fourth-order valence-electron chi connectivity index (χ4n) is 4.15. The zero-order valence-corrected chi connectivity index (χ0v) is 23.8. The Bertz CT molecular complexity index is 1640. The minimum Gasteiger partial charge on any atom is -0.495 e. The lowest BCUT2D eigenvalue weighted by Crippen LogP contribution is -2.39. The molecule has 202 valence electrons. The van der Waals surface area contributed by atoms with Crippen molar-refractivity contribution in [2.24, 2.45) is 5.10 Å². The first-order valence-electron chi connectivity index (χ1n) is 11.8. The quantitative estimate of drug-likeness (QED) is 0.200. The van der Waals surface area contributed by atoms with Crippen molar-refractivity contribution in [3.05, 3.63) is 106 Å². The van der Waals surface area contributed by atoms with Gasteiger partial charge in [0, 0.05) is 17.0 Å². The highest BCUT2D eigenvalue weighted by atomic mass is 35.5. The molecule has 0 radical (unpaired) electrons. The first kappa shape index (κ1) is 28.2. The summed E-state index contributed by atoms with van der Waals surface area (Å²) in [6.07, 6.45) is 1.49. The van der Waals surface area contributed by atoms with Gasteiger partial charge in [-0.2, -0.15) is 5.10 Å². The van der Waals surface area contributed by atoms with E-state index in [2.05, 4.69) is 10.5 Å². The topological polar surface area (TPSA) is 93.0 Å². The number of amides is 1. The lowest BCUT2D eigenvalue weighted by atomic mass is 10.2. The average Bonchev–Trinajstić information content (AvgIpc) is 3.21. The number of carbonyl (C=O) groups excluding carboxylic acids is 1. The van der Waals surface area contributed by atoms with Crippen LogP contribution in [0, 0.1) is 13.8 Å². The molecule has 0 fully saturated rings. The van der Waals surface area contributed by atoms with Crippen LogP contribution in [0.5, 0.6) is 5.75 Å². The number of carbonyl (C=O) groups is 1. The van der Waals surface area contributed by atoms with E-state index in [1.807, 2.05) is 36.6 Å². The highest BCUT2D eigenvalue weighted by molar-refractivity contribution is 7.92. The average molecular weight is 586 g/mol. The predicted octanol–water partition coefficient (Wildman–Crippen LogP) is 5.76. The van der Waals surface area contributed by atoms with E-state index >= 15 is 0 Å². The Labute approximate surface area is 237 Å². The second kappa shape index (κ2) is 11.9. The molecular weight excluding hydrogens is 559 g/mol. The summed E-state index contributed by atoms with van der Waals surface area (Å²) < 4.78 is 35.4. The third-order valence-electron chi connectivity index (χ3n) is 6.01. The Morgan fingerprint density at radius 2 is 1.72 bits per heavy atom. The molecule has 0 unspecified atom stereocenters. The van der Waals surface area contributed by atoms with E-state index in [0.29, 0.717) is 15.8 Å². The van der Waals surface area contributed by atoms with Gasteiger partial charge >= 0.3 is 0 Å². The zero-order chi connectivity index (χ0) is 28.2. The summed E-state index contributed by atoms with van der Waals surface area (Å²) in [5, 5.41) is 4.95. The van der Waals surface area contributed by atoms with Crippen LogP contribution >= 0.6 is 23.2 Å². The Hall–Kier alpha value is -3.79. The number of nitrogens with one attached hydrogen (secondary N) is 1. The molecule has 0 spiro atoms. The van der Waals surface area contributed by atoms with E-state index in [-0.39, 0.29) is 10.6 Å². The van der Waals surface area contributed by atoms with E-state index in [4.69, 9.17) is 27.9 Å². The summed E-state index contributed by atoms with van der Waals surface area (Å²) in [5.41, 5.74) is 5.84. The maximum atomic E-state index is 13.5. The Morgan fingerprint density at radius 1 is 1.03 bits per heavy atom. The Morgan fingerprint density at radius 3 is 2.44 bits per heavy atom. The fourth-order valence-corrected chi connectivity index (χ4v) is 5.98. The van der Waals surface area contributed by atoms with Crippen LogP contribution in [0.1, 0.15) is 17.0 Å². The number of hydrogen-bond donors (Lipinski definition) is 1. The van der Waals surface area contributed by atoms with Crippen molar-refractivity contribution < 1.29 is 17.9 Å². The third-order valence-corrected chi connectivity index (χ3v) is 8.59. The van der Waals surface area contributed by atoms with Gasteiger partial charge in [-0.3, -0.25) is 9.10 Å². The van der Waals surface area contributed by atoms with E-state index in [1.54, 1.807) is 48.5 Å². The normalized spacial score (nSPS) is 11.5. The highest BCUT2D eigenvalue weighted by Gasteiger charge is 2.29. The molecule has 11 heteroatoms. The number of para-hydroxylation sites is 2. The van der Waals surface area contributed by atoms with Gasteiger partial charge in [-0.1, -0.05) is 59.6 Å². The number of methoxy groups -OCH3 is 1. The number of hydrogen-bond acceptors (Lipinski definition) is 5. The number of benzene rings is 3. The molecule has 3 aromatic carbocycles. The summed E-state index contributed by atoms with van der Waals surface area (Å²) >= 11 is 12.6. The summed E-state index contributed by atoms with van der Waals surface area (Å²) in [6, 6.07) is 21.7. The van der Waals surface area contributed by atoms with Crippen molar-refractivity contribution in [1.82, 2.24) is 9.99 Å². The molecule has 39 heavy (non-hydrogen) atoms. The lowest BCUT2D eigenvalue weighted by molar-refractivity contribution is -0.119. The summed E-state index contributed by atoms with van der Waals surface area (Å²) in [5.74, 6) is -0.330. The maximum absolute atomic E-state index is 13.5. The largest absolute Gasteiger partial charge is 0.495 e. The van der Waals surface area contributed by atoms with Crippen LogP contribution in [0.2, 0.25) is 10.0 Å². The molecule has 1 N–H and O–H groups in total. The molecule has 1 aromatic heterocycles. The van der Waals surface area contributed by atoms with Gasteiger partial charge in [0.1, 0.15) is 12.3 Å². The number of nitrogens with zero attached hydrogens (tertiary/aromatic N) is 3. The number of hydrazone groups is 1. The minimum absolute atomic E-state index is 0.0410. The number of aryl methyl sites for hydroxylation is 1. The summed E-state index contributed by atoms with van der Waals surface area (Å²) in [4.78, 5) is 13.0. The predicted molar refractivity (Wildman–Crippen MR) is 155 cm³/mol. The van der Waals surface area contributed by atoms with E-state index < -0.39 is 22.5 Å². The van der Waals surface area contributed by atoms with Crippen LogP contribution < -0.4 is 14.5 Å². The zero-order valence-electron chi connectivity index (χ0n) is 21.4. The molecule has 1 heterocycles. The van der Waals surface area contributed by atoms with Crippen molar-refractivity contribution in [3.8, 4) is 11.4 Å². The smallest absolute Gasteiger partial charge is 0.264 e. The van der Waals surface area contributed by atoms with Gasteiger partial charge in [0.25, 0.3) is 15.9 Å². The van der Waals surface area contributed by atoms with Gasteiger partial charge in [0.15, 0.2) is 0 Å². The Balaban J connectivity index is 1.58. The molecule has 0 aliphatic rings.